The highest BCUT2D eigenvalue weighted by atomic mass is 16.2. The highest BCUT2D eigenvalue weighted by molar-refractivity contribution is 5.98. The molecule has 1 aromatic heterocycles. The molecule has 27 heavy (non-hydrogen) atoms. The van der Waals surface area contributed by atoms with Gasteiger partial charge in [0.05, 0.1) is 0 Å². The molecule has 1 aromatic carbocycles. The van der Waals surface area contributed by atoms with Crippen LogP contribution in [0.3, 0.4) is 0 Å². The Bertz CT molecular complexity index is 793. The number of aromatic nitrogens is 1. The number of Topliss-reactive ketones (excluding diaryl/α,β-unsaturated/α-hetero) is 1. The van der Waals surface area contributed by atoms with Crippen LogP contribution in [-0.4, -0.2) is 40.7 Å². The number of hydrogen-bond donors (Lipinski definition) is 1. The lowest BCUT2D eigenvalue weighted by molar-refractivity contribution is -0.132. The topological polar surface area (TPSA) is 62.3 Å². The highest BCUT2D eigenvalue weighted by Gasteiger charge is 2.23. The van der Waals surface area contributed by atoms with E-state index >= 15 is 0 Å². The van der Waals surface area contributed by atoms with Crippen LogP contribution in [0.5, 0.6) is 0 Å². The first-order chi connectivity index (χ1) is 13.0. The number of pyridine rings is 1. The minimum atomic E-state index is 0.0328. The number of ketones is 1. The van der Waals surface area contributed by atoms with Crippen LogP contribution in [0, 0.1) is 13.8 Å². The van der Waals surface area contributed by atoms with Crippen molar-refractivity contribution in [1.29, 1.82) is 0 Å². The monoisotopic (exact) mass is 365 g/mol. The normalized spacial score (nSPS) is 14.8. The molecule has 5 heteroatoms. The molecule has 0 spiro atoms. The number of benzene rings is 1. The summed E-state index contributed by atoms with van der Waals surface area (Å²) in [6.07, 6.45) is 2.35. The lowest BCUT2D eigenvalue weighted by Gasteiger charge is -2.32. The van der Waals surface area contributed by atoms with Gasteiger partial charge < -0.3 is 10.2 Å². The summed E-state index contributed by atoms with van der Waals surface area (Å²) in [6, 6.07) is 13.8. The SMILES string of the molecule is Cc1ccc(C(=O)CCC(=O)N2CCC(Nc3cccc(C)n3)CC2)cc1. The van der Waals surface area contributed by atoms with Crippen molar-refractivity contribution in [3.05, 3.63) is 59.3 Å². The standard InChI is InChI=1S/C22H27N3O2/c1-16-6-8-18(9-7-16)20(26)10-11-22(27)25-14-12-19(13-15-25)24-21-5-3-4-17(2)23-21/h3-9,19H,10-15H2,1-2H3,(H,23,24). The predicted octanol–water partition coefficient (Wildman–Crippen LogP) is 3.76. The zero-order valence-corrected chi connectivity index (χ0v) is 16.1. The number of anilines is 1. The summed E-state index contributed by atoms with van der Waals surface area (Å²) < 4.78 is 0. The second-order valence-electron chi connectivity index (χ2n) is 7.25. The lowest BCUT2D eigenvalue weighted by Crippen LogP contribution is -2.42. The fourth-order valence-electron chi connectivity index (χ4n) is 3.37. The molecule has 1 fully saturated rings. The fourth-order valence-corrected chi connectivity index (χ4v) is 3.37. The van der Waals surface area contributed by atoms with Gasteiger partial charge in [-0.3, -0.25) is 9.59 Å². The molecule has 1 N–H and O–H groups in total. The van der Waals surface area contributed by atoms with Crippen molar-refractivity contribution in [2.24, 2.45) is 0 Å². The highest BCUT2D eigenvalue weighted by Crippen LogP contribution is 2.17. The van der Waals surface area contributed by atoms with Crippen LogP contribution in [0.1, 0.15) is 47.3 Å². The van der Waals surface area contributed by atoms with Gasteiger partial charge in [-0.05, 0) is 38.8 Å². The fraction of sp³-hybridized carbons (Fsp3) is 0.409. The summed E-state index contributed by atoms with van der Waals surface area (Å²) in [6.45, 7) is 5.41. The minimum Gasteiger partial charge on any atom is -0.367 e. The Hall–Kier alpha value is -2.69. The molecule has 0 aliphatic carbocycles. The number of nitrogens with zero attached hydrogens (tertiary/aromatic N) is 2. The van der Waals surface area contributed by atoms with E-state index in [0.717, 1.165) is 43.0 Å². The van der Waals surface area contributed by atoms with E-state index in [2.05, 4.69) is 10.3 Å². The van der Waals surface area contributed by atoms with E-state index in [0.29, 0.717) is 11.6 Å². The maximum atomic E-state index is 12.4. The number of carbonyl (C=O) groups excluding carboxylic acids is 2. The van der Waals surface area contributed by atoms with Crippen molar-refractivity contribution >= 4 is 17.5 Å². The average molecular weight is 365 g/mol. The number of carbonyl (C=O) groups is 2. The Morgan fingerprint density at radius 1 is 1.04 bits per heavy atom. The van der Waals surface area contributed by atoms with Crippen LogP contribution in [-0.2, 0) is 4.79 Å². The maximum Gasteiger partial charge on any atom is 0.223 e. The van der Waals surface area contributed by atoms with Crippen LogP contribution in [0.4, 0.5) is 5.82 Å². The molecule has 0 unspecified atom stereocenters. The van der Waals surface area contributed by atoms with Gasteiger partial charge in [0, 0.05) is 43.2 Å². The van der Waals surface area contributed by atoms with Crippen molar-refractivity contribution < 1.29 is 9.59 Å². The third kappa shape index (κ3) is 5.39. The molecule has 0 radical (unpaired) electrons. The van der Waals surface area contributed by atoms with Gasteiger partial charge in [-0.2, -0.15) is 0 Å². The Balaban J connectivity index is 1.43. The van der Waals surface area contributed by atoms with Crippen LogP contribution < -0.4 is 5.32 Å². The van der Waals surface area contributed by atoms with Gasteiger partial charge in [0.25, 0.3) is 0 Å². The van der Waals surface area contributed by atoms with Crippen molar-refractivity contribution in [3.8, 4) is 0 Å². The molecule has 1 aliphatic heterocycles. The number of rotatable bonds is 6. The third-order valence-corrected chi connectivity index (χ3v) is 5.03. The molecule has 2 aromatic rings. The van der Waals surface area contributed by atoms with E-state index in [1.54, 1.807) is 0 Å². The summed E-state index contributed by atoms with van der Waals surface area (Å²) in [5.41, 5.74) is 2.80. The van der Waals surface area contributed by atoms with Crippen molar-refractivity contribution in [3.63, 3.8) is 0 Å². The number of aryl methyl sites for hydroxylation is 2. The number of nitrogens with one attached hydrogen (secondary N) is 1. The van der Waals surface area contributed by atoms with Crippen LogP contribution in [0.15, 0.2) is 42.5 Å². The molecule has 5 nitrogen and oxygen atoms in total. The minimum absolute atomic E-state index is 0.0328. The smallest absolute Gasteiger partial charge is 0.223 e. The van der Waals surface area contributed by atoms with Crippen LogP contribution in [0.25, 0.3) is 0 Å². The summed E-state index contributed by atoms with van der Waals surface area (Å²) in [7, 11) is 0. The first-order valence-corrected chi connectivity index (χ1v) is 9.59. The molecule has 2 heterocycles. The predicted molar refractivity (Wildman–Crippen MR) is 107 cm³/mol. The van der Waals surface area contributed by atoms with Gasteiger partial charge in [0.2, 0.25) is 5.91 Å². The second-order valence-corrected chi connectivity index (χ2v) is 7.25. The number of hydrogen-bond acceptors (Lipinski definition) is 4. The largest absolute Gasteiger partial charge is 0.367 e. The molecule has 0 atom stereocenters. The number of amides is 1. The molecular weight excluding hydrogens is 338 g/mol. The average Bonchev–Trinajstić information content (AvgIpc) is 2.67. The van der Waals surface area contributed by atoms with Crippen molar-refractivity contribution in [2.75, 3.05) is 18.4 Å². The summed E-state index contributed by atoms with van der Waals surface area (Å²) >= 11 is 0. The van der Waals surface area contributed by atoms with Crippen LogP contribution in [0.2, 0.25) is 0 Å². The maximum absolute atomic E-state index is 12.4. The molecular formula is C22H27N3O2. The van der Waals surface area contributed by atoms with E-state index in [4.69, 9.17) is 0 Å². The van der Waals surface area contributed by atoms with Gasteiger partial charge in [-0.15, -0.1) is 0 Å². The van der Waals surface area contributed by atoms with Gasteiger partial charge in [0.1, 0.15) is 5.82 Å². The first kappa shape index (κ1) is 19.1. The molecule has 0 saturated carbocycles. The van der Waals surface area contributed by atoms with Gasteiger partial charge in [0.15, 0.2) is 5.78 Å². The molecule has 1 amide bonds. The Kier molecular flexibility index (Phi) is 6.22. The van der Waals surface area contributed by atoms with E-state index < -0.39 is 0 Å². The summed E-state index contributed by atoms with van der Waals surface area (Å²) in [4.78, 5) is 31.0. The van der Waals surface area contributed by atoms with E-state index in [-0.39, 0.29) is 24.5 Å². The van der Waals surface area contributed by atoms with Gasteiger partial charge >= 0.3 is 0 Å². The van der Waals surface area contributed by atoms with Gasteiger partial charge in [-0.1, -0.05) is 35.9 Å². The molecule has 3 rings (SSSR count). The zero-order chi connectivity index (χ0) is 19.2. The molecule has 0 bridgehead atoms. The third-order valence-electron chi connectivity index (χ3n) is 5.03. The first-order valence-electron chi connectivity index (χ1n) is 9.59. The van der Waals surface area contributed by atoms with Crippen molar-refractivity contribution in [2.45, 2.75) is 45.6 Å². The zero-order valence-electron chi connectivity index (χ0n) is 16.1. The Morgan fingerprint density at radius 2 is 1.74 bits per heavy atom. The van der Waals surface area contributed by atoms with E-state index in [9.17, 15) is 9.59 Å². The number of piperidine rings is 1. The van der Waals surface area contributed by atoms with Gasteiger partial charge in [-0.25, -0.2) is 4.98 Å². The summed E-state index contributed by atoms with van der Waals surface area (Å²) in [5.74, 6) is 0.997. The molecule has 142 valence electrons. The summed E-state index contributed by atoms with van der Waals surface area (Å²) in [5, 5.41) is 3.45. The quantitative estimate of drug-likeness (QED) is 0.792. The number of likely N-dealkylation sites (tertiary alicyclic amines) is 1. The second kappa shape index (κ2) is 8.80. The van der Waals surface area contributed by atoms with Crippen LogP contribution >= 0.6 is 0 Å². The Morgan fingerprint density at radius 3 is 2.41 bits per heavy atom. The molecule has 1 saturated heterocycles. The lowest BCUT2D eigenvalue weighted by atomic mass is 10.0. The van der Waals surface area contributed by atoms with E-state index in [1.165, 1.54) is 0 Å². The molecule has 1 aliphatic rings. The van der Waals surface area contributed by atoms with Crippen molar-refractivity contribution in [1.82, 2.24) is 9.88 Å². The van der Waals surface area contributed by atoms with E-state index in [1.807, 2.05) is 61.2 Å². The Labute approximate surface area is 160 Å².